The van der Waals surface area contributed by atoms with Crippen LogP contribution in [0.2, 0.25) is 0 Å². The third kappa shape index (κ3) is 4.55. The third-order valence-electron chi connectivity index (χ3n) is 5.63. The first kappa shape index (κ1) is 22.4. The number of hydrazine groups is 1. The summed E-state index contributed by atoms with van der Waals surface area (Å²) in [7, 11) is 0. The molecule has 170 valence electrons. The molecule has 0 saturated heterocycles. The molecule has 0 spiro atoms. The summed E-state index contributed by atoms with van der Waals surface area (Å²) in [5.74, 6) is -2.25. The highest BCUT2D eigenvalue weighted by Crippen LogP contribution is 2.42. The van der Waals surface area contributed by atoms with E-state index in [4.69, 9.17) is 0 Å². The first-order valence-electron chi connectivity index (χ1n) is 10.5. The molecule has 1 heterocycles. The lowest BCUT2D eigenvalue weighted by atomic mass is 9.90. The van der Waals surface area contributed by atoms with E-state index in [0.29, 0.717) is 28.9 Å². The van der Waals surface area contributed by atoms with Crippen molar-refractivity contribution in [1.29, 1.82) is 0 Å². The lowest BCUT2D eigenvalue weighted by Gasteiger charge is -2.44. The SMILES string of the molecule is C[C@H]1C[C@@H](N(NC(=O)C(F)(F)F)c2ccccc2)c2ccccc2N1C(=O)c1ccccc1. The number of benzene rings is 3. The Hall–Kier alpha value is -3.81. The number of nitrogens with one attached hydrogen (secondary N) is 1. The number of alkyl halides is 3. The minimum absolute atomic E-state index is 0.195. The summed E-state index contributed by atoms with van der Waals surface area (Å²) in [6.45, 7) is 1.85. The van der Waals surface area contributed by atoms with Crippen molar-refractivity contribution >= 4 is 23.2 Å². The topological polar surface area (TPSA) is 52.7 Å². The van der Waals surface area contributed by atoms with E-state index in [1.54, 1.807) is 83.8 Å². The number of nitrogens with zero attached hydrogens (tertiary/aromatic N) is 2. The fourth-order valence-electron chi connectivity index (χ4n) is 4.14. The van der Waals surface area contributed by atoms with E-state index >= 15 is 0 Å². The Bertz CT molecular complexity index is 1140. The van der Waals surface area contributed by atoms with E-state index < -0.39 is 18.1 Å². The molecule has 0 saturated carbocycles. The molecule has 0 fully saturated rings. The van der Waals surface area contributed by atoms with Crippen molar-refractivity contribution in [1.82, 2.24) is 5.43 Å². The van der Waals surface area contributed by atoms with Crippen molar-refractivity contribution in [3.05, 3.63) is 96.1 Å². The van der Waals surface area contributed by atoms with Gasteiger partial charge in [-0.05, 0) is 43.7 Å². The number of rotatable bonds is 4. The molecule has 4 rings (SSSR count). The minimum atomic E-state index is -5.04. The van der Waals surface area contributed by atoms with Crippen molar-refractivity contribution in [2.45, 2.75) is 31.6 Å². The Balaban J connectivity index is 1.77. The van der Waals surface area contributed by atoms with Crippen molar-refractivity contribution in [3.8, 4) is 0 Å². The molecule has 3 aromatic rings. The summed E-state index contributed by atoms with van der Waals surface area (Å²) in [5, 5.41) is 1.25. The van der Waals surface area contributed by atoms with Gasteiger partial charge in [-0.15, -0.1) is 0 Å². The normalized spacial score (nSPS) is 17.8. The highest BCUT2D eigenvalue weighted by atomic mass is 19.4. The van der Waals surface area contributed by atoms with Crippen LogP contribution in [0.25, 0.3) is 0 Å². The van der Waals surface area contributed by atoms with Crippen LogP contribution < -0.4 is 15.3 Å². The molecule has 0 bridgehead atoms. The monoisotopic (exact) mass is 453 g/mol. The molecule has 1 aliphatic rings. The first-order valence-corrected chi connectivity index (χ1v) is 10.5. The van der Waals surface area contributed by atoms with Crippen molar-refractivity contribution in [2.75, 3.05) is 9.91 Å². The molecule has 5 nitrogen and oxygen atoms in total. The van der Waals surface area contributed by atoms with Crippen LogP contribution in [0, 0.1) is 0 Å². The van der Waals surface area contributed by atoms with Crippen molar-refractivity contribution < 1.29 is 22.8 Å². The van der Waals surface area contributed by atoms with E-state index in [1.165, 1.54) is 5.01 Å². The Kier molecular flexibility index (Phi) is 6.09. The quantitative estimate of drug-likeness (QED) is 0.548. The molecule has 1 aliphatic heterocycles. The fraction of sp³-hybridized carbons (Fsp3) is 0.200. The van der Waals surface area contributed by atoms with Crippen LogP contribution in [0.5, 0.6) is 0 Å². The van der Waals surface area contributed by atoms with Gasteiger partial charge in [0.05, 0.1) is 11.7 Å². The molecule has 8 heteroatoms. The lowest BCUT2D eigenvalue weighted by Crippen LogP contribution is -2.53. The number of fused-ring (bicyclic) bond motifs is 1. The van der Waals surface area contributed by atoms with Gasteiger partial charge >= 0.3 is 12.1 Å². The van der Waals surface area contributed by atoms with Gasteiger partial charge in [-0.2, -0.15) is 13.2 Å². The minimum Gasteiger partial charge on any atom is -0.305 e. The summed E-state index contributed by atoms with van der Waals surface area (Å²) < 4.78 is 39.4. The van der Waals surface area contributed by atoms with E-state index in [0.717, 1.165) is 0 Å². The number of amides is 2. The molecule has 1 N–H and O–H groups in total. The van der Waals surface area contributed by atoms with E-state index in [2.05, 4.69) is 0 Å². The van der Waals surface area contributed by atoms with Crippen LogP contribution in [-0.2, 0) is 4.79 Å². The van der Waals surface area contributed by atoms with Gasteiger partial charge in [-0.1, -0.05) is 54.6 Å². The molecule has 3 aromatic carbocycles. The van der Waals surface area contributed by atoms with Gasteiger partial charge in [0.1, 0.15) is 0 Å². The van der Waals surface area contributed by atoms with Crippen LogP contribution in [0.1, 0.15) is 35.3 Å². The molecular formula is C25H22F3N3O2. The number of para-hydroxylation sites is 2. The number of hydrogen-bond donors (Lipinski definition) is 1. The number of halogens is 3. The number of hydrogen-bond acceptors (Lipinski definition) is 3. The van der Waals surface area contributed by atoms with Crippen LogP contribution in [-0.4, -0.2) is 24.0 Å². The average molecular weight is 453 g/mol. The maximum Gasteiger partial charge on any atom is 0.472 e. The van der Waals surface area contributed by atoms with Crippen molar-refractivity contribution in [3.63, 3.8) is 0 Å². The highest BCUT2D eigenvalue weighted by molar-refractivity contribution is 6.07. The molecule has 33 heavy (non-hydrogen) atoms. The van der Waals surface area contributed by atoms with E-state index in [9.17, 15) is 22.8 Å². The summed E-state index contributed by atoms with van der Waals surface area (Å²) in [6.07, 6.45) is -4.73. The van der Waals surface area contributed by atoms with E-state index in [-0.39, 0.29) is 11.9 Å². The van der Waals surface area contributed by atoms with Crippen LogP contribution in [0.15, 0.2) is 84.9 Å². The molecule has 0 aromatic heterocycles. The van der Waals surface area contributed by atoms with Crippen LogP contribution in [0.3, 0.4) is 0 Å². The van der Waals surface area contributed by atoms with Gasteiger partial charge in [0.25, 0.3) is 5.91 Å². The van der Waals surface area contributed by atoms with Crippen LogP contribution in [0.4, 0.5) is 24.5 Å². The second-order valence-electron chi connectivity index (χ2n) is 7.84. The van der Waals surface area contributed by atoms with Gasteiger partial charge in [0.15, 0.2) is 0 Å². The second kappa shape index (κ2) is 8.97. The van der Waals surface area contributed by atoms with E-state index in [1.807, 2.05) is 18.4 Å². The largest absolute Gasteiger partial charge is 0.472 e. The third-order valence-corrected chi connectivity index (χ3v) is 5.63. The Morgan fingerprint density at radius 3 is 2.12 bits per heavy atom. The Morgan fingerprint density at radius 2 is 1.48 bits per heavy atom. The molecular weight excluding hydrogens is 431 g/mol. The molecule has 0 unspecified atom stereocenters. The number of anilines is 2. The Morgan fingerprint density at radius 1 is 0.909 bits per heavy atom. The zero-order chi connectivity index (χ0) is 23.6. The zero-order valence-electron chi connectivity index (χ0n) is 17.8. The smallest absolute Gasteiger partial charge is 0.305 e. The zero-order valence-corrected chi connectivity index (χ0v) is 17.8. The predicted octanol–water partition coefficient (Wildman–Crippen LogP) is 5.27. The van der Waals surface area contributed by atoms with Gasteiger partial charge in [0.2, 0.25) is 0 Å². The molecule has 2 atom stereocenters. The highest BCUT2D eigenvalue weighted by Gasteiger charge is 2.43. The van der Waals surface area contributed by atoms with Gasteiger partial charge < -0.3 is 4.90 Å². The maximum atomic E-state index is 13.3. The summed E-state index contributed by atoms with van der Waals surface area (Å²) in [4.78, 5) is 26.9. The summed E-state index contributed by atoms with van der Waals surface area (Å²) in [5.41, 5.74) is 4.21. The summed E-state index contributed by atoms with van der Waals surface area (Å²) in [6, 6.07) is 23.3. The van der Waals surface area contributed by atoms with Gasteiger partial charge in [-0.25, -0.2) is 0 Å². The van der Waals surface area contributed by atoms with Crippen molar-refractivity contribution in [2.24, 2.45) is 0 Å². The molecule has 0 radical (unpaired) electrons. The second-order valence-corrected chi connectivity index (χ2v) is 7.84. The van der Waals surface area contributed by atoms with Gasteiger partial charge in [-0.3, -0.25) is 20.0 Å². The van der Waals surface area contributed by atoms with Gasteiger partial charge in [0, 0.05) is 22.9 Å². The van der Waals surface area contributed by atoms with Crippen LogP contribution >= 0.6 is 0 Å². The predicted molar refractivity (Wildman–Crippen MR) is 120 cm³/mol. The Labute approximate surface area is 189 Å². The average Bonchev–Trinajstić information content (AvgIpc) is 2.82. The fourth-order valence-corrected chi connectivity index (χ4v) is 4.14. The standard InChI is InChI=1S/C25H22F3N3O2/c1-17-16-22(31(19-12-6-3-7-13-19)29-24(33)25(26,27)28)20-14-8-9-15-21(20)30(17)23(32)18-10-4-2-5-11-18/h2-15,17,22H,16H2,1H3,(H,29,33)/t17-,22+/m0/s1. The maximum absolute atomic E-state index is 13.3. The first-order chi connectivity index (χ1) is 15.8. The summed E-state index contributed by atoms with van der Waals surface area (Å²) >= 11 is 0. The lowest BCUT2D eigenvalue weighted by molar-refractivity contribution is -0.174. The molecule has 2 amide bonds. The number of carbonyl (C=O) groups excluding carboxylic acids is 2. The number of carbonyl (C=O) groups is 2. The molecule has 0 aliphatic carbocycles.